The smallest absolute Gasteiger partial charge is 0.0463 e. The zero-order valence-corrected chi connectivity index (χ0v) is 18.4. The van der Waals surface area contributed by atoms with Crippen LogP contribution in [-0.2, 0) is 5.41 Å². The number of benzene rings is 3. The van der Waals surface area contributed by atoms with Crippen molar-refractivity contribution < 1.29 is 0 Å². The molecule has 0 N–H and O–H groups in total. The van der Waals surface area contributed by atoms with Gasteiger partial charge in [0, 0.05) is 18.0 Å². The third-order valence-electron chi connectivity index (χ3n) is 7.40. The molecular weight excluding hydrogens is 386 g/mol. The van der Waals surface area contributed by atoms with Gasteiger partial charge in [0.05, 0.1) is 0 Å². The van der Waals surface area contributed by atoms with Gasteiger partial charge in [0.15, 0.2) is 0 Å². The molecule has 2 aliphatic heterocycles. The second-order valence-corrected chi connectivity index (χ2v) is 8.92. The van der Waals surface area contributed by atoms with Gasteiger partial charge < -0.3 is 4.90 Å². The van der Waals surface area contributed by atoms with Crippen molar-refractivity contribution in [3.8, 4) is 0 Å². The average molecular weight is 418 g/mol. The van der Waals surface area contributed by atoms with Crippen LogP contribution in [0.2, 0.25) is 0 Å². The first kappa shape index (κ1) is 21.2. The fourth-order valence-corrected chi connectivity index (χ4v) is 5.86. The summed E-state index contributed by atoms with van der Waals surface area (Å²) in [6.07, 6.45) is 6.82. The van der Waals surface area contributed by atoms with Crippen LogP contribution < -0.4 is 0 Å². The van der Waals surface area contributed by atoms with Crippen LogP contribution in [-0.4, -0.2) is 24.0 Å². The van der Waals surface area contributed by atoms with Crippen LogP contribution in [0.3, 0.4) is 0 Å². The molecule has 0 atom stereocenters. The van der Waals surface area contributed by atoms with E-state index >= 15 is 0 Å². The van der Waals surface area contributed by atoms with Crippen LogP contribution in [0.1, 0.15) is 48.8 Å². The molecule has 1 nitrogen and oxygen atoms in total. The number of nitrogens with zero attached hydrogens (tertiary/aromatic N) is 1. The van der Waals surface area contributed by atoms with Crippen molar-refractivity contribution in [1.82, 2.24) is 4.90 Å². The summed E-state index contributed by atoms with van der Waals surface area (Å²) >= 11 is 0. The lowest BCUT2D eigenvalue weighted by atomic mass is 9.67. The molecule has 1 aliphatic carbocycles. The highest BCUT2D eigenvalue weighted by Gasteiger charge is 2.39. The van der Waals surface area contributed by atoms with Crippen molar-refractivity contribution >= 4 is 12.4 Å². The van der Waals surface area contributed by atoms with E-state index in [0.717, 1.165) is 18.4 Å². The second kappa shape index (κ2) is 9.37. The van der Waals surface area contributed by atoms with E-state index in [4.69, 9.17) is 0 Å². The first-order chi connectivity index (χ1) is 14.4. The van der Waals surface area contributed by atoms with Gasteiger partial charge in [-0.05, 0) is 61.3 Å². The Kier molecular flexibility index (Phi) is 6.61. The van der Waals surface area contributed by atoms with Gasteiger partial charge in [0.2, 0.25) is 0 Å². The molecule has 3 aliphatic rings. The zero-order valence-electron chi connectivity index (χ0n) is 17.6. The Balaban J connectivity index is 0.00000218. The van der Waals surface area contributed by atoms with E-state index in [-0.39, 0.29) is 17.8 Å². The lowest BCUT2D eigenvalue weighted by Gasteiger charge is -2.47. The molecule has 2 saturated heterocycles. The molecule has 2 heterocycles. The SMILES string of the molecule is Cl.c1ccc(C(CCN2CC3CCC2CC3)(c2ccccc2)c2ccccc2)cc1. The minimum absolute atomic E-state index is 0. The Morgan fingerprint density at radius 2 is 1.07 bits per heavy atom. The maximum atomic E-state index is 2.81. The third kappa shape index (κ3) is 3.94. The summed E-state index contributed by atoms with van der Waals surface area (Å²) < 4.78 is 0. The number of halogens is 1. The molecule has 0 spiro atoms. The van der Waals surface area contributed by atoms with Gasteiger partial charge in [-0.25, -0.2) is 0 Å². The summed E-state index contributed by atoms with van der Waals surface area (Å²) in [5, 5.41) is 0. The van der Waals surface area contributed by atoms with Crippen molar-refractivity contribution in [3.05, 3.63) is 108 Å². The largest absolute Gasteiger partial charge is 0.300 e. The molecule has 2 bridgehead atoms. The van der Waals surface area contributed by atoms with Gasteiger partial charge in [-0.3, -0.25) is 0 Å². The quantitative estimate of drug-likeness (QED) is 0.403. The van der Waals surface area contributed by atoms with Crippen LogP contribution in [0, 0.1) is 5.92 Å². The molecule has 156 valence electrons. The Hall–Kier alpha value is -2.09. The summed E-state index contributed by atoms with van der Waals surface area (Å²) in [6, 6.07) is 34.3. The minimum Gasteiger partial charge on any atom is -0.300 e. The average Bonchev–Trinajstić information content (AvgIpc) is 2.82. The first-order valence-corrected chi connectivity index (χ1v) is 11.3. The highest BCUT2D eigenvalue weighted by molar-refractivity contribution is 5.85. The van der Waals surface area contributed by atoms with E-state index in [1.165, 1.54) is 55.5 Å². The van der Waals surface area contributed by atoms with Crippen molar-refractivity contribution in [3.63, 3.8) is 0 Å². The molecule has 0 aromatic heterocycles. The van der Waals surface area contributed by atoms with Gasteiger partial charge in [-0.15, -0.1) is 12.4 Å². The molecular formula is C28H32ClN. The number of fused-ring (bicyclic) bond motifs is 3. The Labute approximate surface area is 187 Å². The zero-order chi connectivity index (χ0) is 19.5. The van der Waals surface area contributed by atoms with Crippen molar-refractivity contribution in [1.29, 1.82) is 0 Å². The molecule has 0 amide bonds. The maximum Gasteiger partial charge on any atom is 0.0463 e. The van der Waals surface area contributed by atoms with E-state index in [1.54, 1.807) is 0 Å². The molecule has 0 radical (unpaired) electrons. The molecule has 0 unspecified atom stereocenters. The van der Waals surface area contributed by atoms with Gasteiger partial charge in [0.1, 0.15) is 0 Å². The molecule has 6 rings (SSSR count). The van der Waals surface area contributed by atoms with Gasteiger partial charge in [0.25, 0.3) is 0 Å². The summed E-state index contributed by atoms with van der Waals surface area (Å²) in [4.78, 5) is 2.81. The summed E-state index contributed by atoms with van der Waals surface area (Å²) in [6.45, 7) is 2.47. The third-order valence-corrected chi connectivity index (χ3v) is 7.40. The van der Waals surface area contributed by atoms with Crippen LogP contribution in [0.5, 0.6) is 0 Å². The van der Waals surface area contributed by atoms with E-state index in [2.05, 4.69) is 95.9 Å². The topological polar surface area (TPSA) is 3.24 Å². The monoisotopic (exact) mass is 417 g/mol. The lowest BCUT2D eigenvalue weighted by Crippen LogP contribution is -2.49. The Morgan fingerprint density at radius 3 is 1.43 bits per heavy atom. The molecule has 3 fully saturated rings. The Bertz CT molecular complexity index is 804. The fourth-order valence-electron chi connectivity index (χ4n) is 5.86. The number of piperidine rings is 2. The molecule has 1 saturated carbocycles. The van der Waals surface area contributed by atoms with Gasteiger partial charge in [-0.1, -0.05) is 91.0 Å². The normalized spacial score (nSPS) is 21.2. The van der Waals surface area contributed by atoms with Crippen LogP contribution >= 0.6 is 12.4 Å². The van der Waals surface area contributed by atoms with Crippen LogP contribution in [0.15, 0.2) is 91.0 Å². The predicted octanol–water partition coefficient (Wildman–Crippen LogP) is 6.71. The first-order valence-electron chi connectivity index (χ1n) is 11.3. The predicted molar refractivity (Wildman–Crippen MR) is 128 cm³/mol. The number of hydrogen-bond acceptors (Lipinski definition) is 1. The molecule has 2 heteroatoms. The molecule has 3 aromatic carbocycles. The van der Waals surface area contributed by atoms with Crippen molar-refractivity contribution in [2.45, 2.75) is 43.6 Å². The second-order valence-electron chi connectivity index (χ2n) is 8.92. The van der Waals surface area contributed by atoms with E-state index in [9.17, 15) is 0 Å². The fraction of sp³-hybridized carbons (Fsp3) is 0.357. The van der Waals surface area contributed by atoms with Crippen LogP contribution in [0.25, 0.3) is 0 Å². The minimum atomic E-state index is -0.111. The summed E-state index contributed by atoms with van der Waals surface area (Å²) in [5.41, 5.74) is 4.10. The van der Waals surface area contributed by atoms with E-state index < -0.39 is 0 Å². The molecule has 3 aromatic rings. The summed E-state index contributed by atoms with van der Waals surface area (Å²) in [5.74, 6) is 0.930. The number of hydrogen-bond donors (Lipinski definition) is 0. The van der Waals surface area contributed by atoms with Gasteiger partial charge in [-0.2, -0.15) is 0 Å². The summed E-state index contributed by atoms with van der Waals surface area (Å²) in [7, 11) is 0. The molecule has 30 heavy (non-hydrogen) atoms. The van der Waals surface area contributed by atoms with E-state index in [0.29, 0.717) is 0 Å². The van der Waals surface area contributed by atoms with Crippen LogP contribution in [0.4, 0.5) is 0 Å². The lowest BCUT2D eigenvalue weighted by molar-refractivity contribution is 0.0454. The van der Waals surface area contributed by atoms with Crippen molar-refractivity contribution in [2.24, 2.45) is 5.92 Å². The maximum absolute atomic E-state index is 2.81. The number of rotatable bonds is 6. The Morgan fingerprint density at radius 1 is 0.633 bits per heavy atom. The van der Waals surface area contributed by atoms with Gasteiger partial charge >= 0.3 is 0 Å². The highest BCUT2D eigenvalue weighted by Crippen LogP contribution is 2.43. The standard InChI is InChI=1S/C28H31N.ClH/c1-4-10-24(11-5-1)28(25-12-6-2-7-13-25,26-14-8-3-9-15-26)20-21-29-22-23-16-18-27(29)19-17-23;/h1-15,23,27H,16-22H2;1H. The highest BCUT2D eigenvalue weighted by atomic mass is 35.5. The van der Waals surface area contributed by atoms with Crippen molar-refractivity contribution in [2.75, 3.05) is 13.1 Å². The van der Waals surface area contributed by atoms with E-state index in [1.807, 2.05) is 0 Å².